The molecule has 1 saturated heterocycles. The highest BCUT2D eigenvalue weighted by Gasteiger charge is 2.22. The van der Waals surface area contributed by atoms with Crippen LogP contribution in [0.3, 0.4) is 0 Å². The number of aromatic nitrogens is 2. The molecule has 0 bridgehead atoms. The van der Waals surface area contributed by atoms with Crippen molar-refractivity contribution in [2.45, 2.75) is 32.6 Å². The summed E-state index contributed by atoms with van der Waals surface area (Å²) in [4.78, 5) is 14.6. The van der Waals surface area contributed by atoms with Gasteiger partial charge in [0.15, 0.2) is 0 Å². The van der Waals surface area contributed by atoms with Gasteiger partial charge in [-0.3, -0.25) is 9.13 Å². The number of imidazole rings is 1. The third-order valence-electron chi connectivity index (χ3n) is 5.31. The zero-order valence-corrected chi connectivity index (χ0v) is 16.7. The van der Waals surface area contributed by atoms with Crippen LogP contribution in [0.5, 0.6) is 0 Å². The first kappa shape index (κ1) is 18.6. The number of fused-ring (bicyclic) bond motifs is 1. The van der Waals surface area contributed by atoms with Gasteiger partial charge in [-0.15, -0.1) is 0 Å². The highest BCUT2D eigenvalue weighted by Crippen LogP contribution is 2.25. The lowest BCUT2D eigenvalue weighted by Gasteiger charge is -2.36. The van der Waals surface area contributed by atoms with E-state index in [2.05, 4.69) is 55.3 Å². The highest BCUT2D eigenvalue weighted by molar-refractivity contribution is 5.81. The fourth-order valence-electron chi connectivity index (χ4n) is 4.01. The van der Waals surface area contributed by atoms with Gasteiger partial charge in [0.05, 0.1) is 23.2 Å². The Morgan fingerprint density at radius 2 is 1.68 bits per heavy atom. The van der Waals surface area contributed by atoms with Gasteiger partial charge in [0.1, 0.15) is 0 Å². The zero-order valence-electron chi connectivity index (χ0n) is 16.7. The maximum atomic E-state index is 12.3. The summed E-state index contributed by atoms with van der Waals surface area (Å²) in [6, 6.07) is 14.4. The first-order valence-electron chi connectivity index (χ1n) is 9.72. The molecule has 1 aromatic heterocycles. The fourth-order valence-corrected chi connectivity index (χ4v) is 4.01. The largest absolute Gasteiger partial charge is 0.372 e. The van der Waals surface area contributed by atoms with Gasteiger partial charge in [-0.2, -0.15) is 0 Å². The van der Waals surface area contributed by atoms with Gasteiger partial charge in [-0.1, -0.05) is 0 Å². The van der Waals surface area contributed by atoms with Gasteiger partial charge in [-0.25, -0.2) is 4.79 Å². The first-order chi connectivity index (χ1) is 13.5. The number of aryl methyl sites for hydroxylation is 1. The monoisotopic (exact) mass is 379 g/mol. The first-order valence-corrected chi connectivity index (χ1v) is 9.72. The summed E-state index contributed by atoms with van der Waals surface area (Å²) in [5.74, 6) is 0. The molecule has 2 aromatic carbocycles. The van der Waals surface area contributed by atoms with Crippen LogP contribution in [0.2, 0.25) is 0 Å². The van der Waals surface area contributed by atoms with E-state index >= 15 is 0 Å². The molecule has 4 rings (SSSR count). The summed E-state index contributed by atoms with van der Waals surface area (Å²) in [5.41, 5.74) is 4.92. The molecule has 0 amide bonds. The summed E-state index contributed by atoms with van der Waals surface area (Å²) in [6.45, 7) is 10.3. The summed E-state index contributed by atoms with van der Waals surface area (Å²) < 4.78 is 9.16. The zero-order chi connectivity index (χ0) is 19.8. The van der Waals surface area contributed by atoms with E-state index in [4.69, 9.17) is 4.74 Å². The molecule has 0 aliphatic carbocycles. The van der Waals surface area contributed by atoms with Crippen LogP contribution in [0.1, 0.15) is 13.8 Å². The molecule has 1 aliphatic heterocycles. The van der Waals surface area contributed by atoms with Gasteiger partial charge in [0.2, 0.25) is 0 Å². The SMILES string of the molecule is [CH2]Cn1c(=O)n(C)c2cc(Nc3ccc(N4CC(C)OC(C)C4)cc3)ccc21. The molecule has 2 atom stereocenters. The summed E-state index contributed by atoms with van der Waals surface area (Å²) >= 11 is 0. The Morgan fingerprint density at radius 3 is 2.32 bits per heavy atom. The van der Waals surface area contributed by atoms with Crippen LogP contribution in [0.25, 0.3) is 11.0 Å². The molecule has 3 aromatic rings. The van der Waals surface area contributed by atoms with Crippen LogP contribution in [0.4, 0.5) is 17.1 Å². The number of morpholine rings is 1. The van der Waals surface area contributed by atoms with Crippen LogP contribution in [-0.4, -0.2) is 34.4 Å². The maximum Gasteiger partial charge on any atom is 0.328 e. The average Bonchev–Trinajstić information content (AvgIpc) is 2.91. The van der Waals surface area contributed by atoms with E-state index < -0.39 is 0 Å². The standard InChI is InChI=1S/C22H27N4O2/c1-5-26-20-11-8-18(12-21(20)24(4)22(26)27)23-17-6-9-19(10-7-17)25-13-15(2)28-16(3)14-25/h6-12,15-16,23H,1,5,13-14H2,2-4H3. The molecule has 0 spiro atoms. The lowest BCUT2D eigenvalue weighted by Crippen LogP contribution is -2.45. The normalized spacial score (nSPS) is 19.9. The van der Waals surface area contributed by atoms with Crippen molar-refractivity contribution < 1.29 is 4.74 Å². The van der Waals surface area contributed by atoms with E-state index in [0.29, 0.717) is 6.54 Å². The molecule has 1 aliphatic rings. The van der Waals surface area contributed by atoms with Crippen molar-refractivity contribution in [3.63, 3.8) is 0 Å². The van der Waals surface area contributed by atoms with Crippen LogP contribution in [-0.2, 0) is 18.3 Å². The number of nitrogens with zero attached hydrogens (tertiary/aromatic N) is 3. The molecule has 6 heteroatoms. The quantitative estimate of drug-likeness (QED) is 0.753. The van der Waals surface area contributed by atoms with Crippen molar-refractivity contribution in [3.8, 4) is 0 Å². The third kappa shape index (κ3) is 3.40. The Balaban J connectivity index is 1.54. The summed E-state index contributed by atoms with van der Waals surface area (Å²) in [5, 5.41) is 3.43. The number of hydrogen-bond acceptors (Lipinski definition) is 4. The summed E-state index contributed by atoms with van der Waals surface area (Å²) in [7, 11) is 1.79. The van der Waals surface area contributed by atoms with E-state index in [1.165, 1.54) is 5.69 Å². The average molecular weight is 379 g/mol. The van der Waals surface area contributed by atoms with Gasteiger partial charge in [0.25, 0.3) is 0 Å². The fraction of sp³-hybridized carbons (Fsp3) is 0.364. The number of anilines is 3. The number of hydrogen-bond donors (Lipinski definition) is 1. The second-order valence-corrected chi connectivity index (χ2v) is 7.53. The molecule has 2 unspecified atom stereocenters. The highest BCUT2D eigenvalue weighted by atomic mass is 16.5. The Bertz CT molecular complexity index is 1030. The molecular weight excluding hydrogens is 352 g/mol. The minimum absolute atomic E-state index is 0.0412. The molecule has 28 heavy (non-hydrogen) atoms. The lowest BCUT2D eigenvalue weighted by atomic mass is 10.2. The minimum Gasteiger partial charge on any atom is -0.372 e. The van der Waals surface area contributed by atoms with E-state index in [1.54, 1.807) is 16.2 Å². The molecule has 6 nitrogen and oxygen atoms in total. The van der Waals surface area contributed by atoms with Crippen LogP contribution in [0, 0.1) is 6.92 Å². The Labute approximate surface area is 165 Å². The minimum atomic E-state index is -0.0412. The van der Waals surface area contributed by atoms with Crippen LogP contribution < -0.4 is 15.9 Å². The van der Waals surface area contributed by atoms with Gasteiger partial charge in [-0.05, 0) is 63.2 Å². The van der Waals surface area contributed by atoms with Gasteiger partial charge in [0, 0.05) is 43.7 Å². The maximum absolute atomic E-state index is 12.3. The molecule has 1 fully saturated rings. The van der Waals surface area contributed by atoms with Gasteiger partial charge >= 0.3 is 5.69 Å². The van der Waals surface area contributed by atoms with Crippen molar-refractivity contribution >= 4 is 28.1 Å². The van der Waals surface area contributed by atoms with Crippen molar-refractivity contribution in [2.24, 2.45) is 7.05 Å². The molecule has 2 heterocycles. The summed E-state index contributed by atoms with van der Waals surface area (Å²) in [6.07, 6.45) is 0.483. The Morgan fingerprint density at radius 1 is 1.04 bits per heavy atom. The van der Waals surface area contributed by atoms with Crippen LogP contribution in [0.15, 0.2) is 47.3 Å². The topological polar surface area (TPSA) is 51.4 Å². The van der Waals surface area contributed by atoms with E-state index in [1.807, 2.05) is 18.2 Å². The molecule has 1 radical (unpaired) electrons. The molecular formula is C22H27N4O2. The van der Waals surface area contributed by atoms with E-state index in [9.17, 15) is 4.79 Å². The molecule has 147 valence electrons. The number of ether oxygens (including phenoxy) is 1. The third-order valence-corrected chi connectivity index (χ3v) is 5.31. The second kappa shape index (κ2) is 7.36. The van der Waals surface area contributed by atoms with E-state index in [0.717, 1.165) is 35.5 Å². The van der Waals surface area contributed by atoms with Crippen molar-refractivity contribution in [3.05, 3.63) is 59.9 Å². The van der Waals surface area contributed by atoms with Crippen molar-refractivity contribution in [1.82, 2.24) is 9.13 Å². The molecule has 0 saturated carbocycles. The van der Waals surface area contributed by atoms with Crippen LogP contribution >= 0.6 is 0 Å². The second-order valence-electron chi connectivity index (χ2n) is 7.53. The smallest absolute Gasteiger partial charge is 0.328 e. The number of rotatable bonds is 4. The van der Waals surface area contributed by atoms with Crippen molar-refractivity contribution in [2.75, 3.05) is 23.3 Å². The Kier molecular flexibility index (Phi) is 4.89. The van der Waals surface area contributed by atoms with E-state index in [-0.39, 0.29) is 17.9 Å². The molecule has 1 N–H and O–H groups in total. The lowest BCUT2D eigenvalue weighted by molar-refractivity contribution is -0.00521. The van der Waals surface area contributed by atoms with Crippen molar-refractivity contribution in [1.29, 1.82) is 0 Å². The number of nitrogens with one attached hydrogen (secondary N) is 1. The Hall–Kier alpha value is -2.73. The predicted octanol–water partition coefficient (Wildman–Crippen LogP) is 3.53. The predicted molar refractivity (Wildman–Crippen MR) is 114 cm³/mol. The number of benzene rings is 2. The van der Waals surface area contributed by atoms with Gasteiger partial charge < -0.3 is 15.0 Å².